The first kappa shape index (κ1) is 14.9. The molecule has 0 unspecified atom stereocenters. The Morgan fingerprint density at radius 2 is 1.89 bits per heavy atom. The van der Waals surface area contributed by atoms with Gasteiger partial charge in [0.25, 0.3) is 0 Å². The highest BCUT2D eigenvalue weighted by Gasteiger charge is 2.20. The smallest absolute Gasteiger partial charge is 0.356 e. The maximum atomic E-state index is 11.6. The maximum absolute atomic E-state index is 11.6. The Balaban J connectivity index is 2.34. The van der Waals surface area contributed by atoms with Gasteiger partial charge in [0.1, 0.15) is 5.82 Å². The van der Waals surface area contributed by atoms with Crippen molar-refractivity contribution in [3.63, 3.8) is 0 Å². The molecule has 0 aromatic carbocycles. The molecule has 1 aromatic rings. The number of hydrogen-bond donors (Lipinski definition) is 3. The summed E-state index contributed by atoms with van der Waals surface area (Å²) in [5.41, 5.74) is -0.519. The van der Waals surface area contributed by atoms with Gasteiger partial charge in [-0.1, -0.05) is 20.8 Å². The molecule has 0 aliphatic rings. The van der Waals surface area contributed by atoms with Gasteiger partial charge in [0, 0.05) is 18.5 Å². The van der Waals surface area contributed by atoms with Crippen LogP contribution < -0.4 is 10.6 Å². The number of aromatic nitrogens is 2. The van der Waals surface area contributed by atoms with Crippen LogP contribution in [-0.4, -0.2) is 40.0 Å². The van der Waals surface area contributed by atoms with Gasteiger partial charge in [-0.05, 0) is 0 Å². The summed E-state index contributed by atoms with van der Waals surface area (Å²) in [5, 5.41) is 14.4. The van der Waals surface area contributed by atoms with E-state index in [0.29, 0.717) is 18.9 Å². The van der Waals surface area contributed by atoms with Crippen LogP contribution >= 0.6 is 0 Å². The molecule has 1 aromatic heterocycles. The Morgan fingerprint density at radius 1 is 1.21 bits per heavy atom. The van der Waals surface area contributed by atoms with Crippen molar-refractivity contribution in [2.24, 2.45) is 5.41 Å². The zero-order valence-electron chi connectivity index (χ0n) is 11.2. The molecule has 19 heavy (non-hydrogen) atoms. The molecule has 1 heterocycles. The summed E-state index contributed by atoms with van der Waals surface area (Å²) in [6.07, 6.45) is 2.52. The lowest BCUT2D eigenvalue weighted by atomic mass is 9.96. The van der Waals surface area contributed by atoms with E-state index in [1.807, 2.05) is 20.8 Å². The summed E-state index contributed by atoms with van der Waals surface area (Å²) in [7, 11) is 0. The van der Waals surface area contributed by atoms with Crippen LogP contribution in [0.25, 0.3) is 0 Å². The first-order valence-electron chi connectivity index (χ1n) is 5.88. The molecule has 7 nitrogen and oxygen atoms in total. The van der Waals surface area contributed by atoms with E-state index in [-0.39, 0.29) is 11.6 Å². The highest BCUT2D eigenvalue weighted by atomic mass is 16.4. The fraction of sp³-hybridized carbons (Fsp3) is 0.500. The van der Waals surface area contributed by atoms with Crippen molar-refractivity contribution in [2.45, 2.75) is 20.8 Å². The second-order valence-corrected chi connectivity index (χ2v) is 5.02. The van der Waals surface area contributed by atoms with Gasteiger partial charge in [-0.25, -0.2) is 14.8 Å². The summed E-state index contributed by atoms with van der Waals surface area (Å²) in [6, 6.07) is 0. The third kappa shape index (κ3) is 4.90. The van der Waals surface area contributed by atoms with Gasteiger partial charge in [0.15, 0.2) is 5.69 Å². The Labute approximate surface area is 111 Å². The largest absolute Gasteiger partial charge is 0.476 e. The lowest BCUT2D eigenvalue weighted by Gasteiger charge is -2.17. The fourth-order valence-corrected chi connectivity index (χ4v) is 1.16. The van der Waals surface area contributed by atoms with Crippen molar-refractivity contribution in [1.29, 1.82) is 0 Å². The quantitative estimate of drug-likeness (QED) is 0.679. The summed E-state index contributed by atoms with van der Waals surface area (Å²) in [4.78, 5) is 29.8. The number of hydrogen-bond acceptors (Lipinski definition) is 5. The predicted octanol–water partition coefficient (Wildman–Crippen LogP) is 0.749. The standard InChI is InChI=1S/C12H18N4O3/c1-12(2,3)11(19)14-5-4-13-9-7-15-8(6-16-9)10(17)18/h6-7H,4-5H2,1-3H3,(H,13,16)(H,14,19)(H,17,18). The molecule has 1 rings (SSSR count). The Hall–Kier alpha value is -2.18. The molecule has 1 amide bonds. The molecular formula is C12H18N4O3. The third-order valence-corrected chi connectivity index (χ3v) is 2.27. The van der Waals surface area contributed by atoms with Crippen LogP contribution in [0.15, 0.2) is 12.4 Å². The molecule has 7 heteroatoms. The molecule has 0 radical (unpaired) electrons. The van der Waals surface area contributed by atoms with E-state index >= 15 is 0 Å². The SMILES string of the molecule is CC(C)(C)C(=O)NCCNc1cnc(C(=O)O)cn1. The van der Waals surface area contributed by atoms with Crippen LogP contribution in [0.5, 0.6) is 0 Å². The molecule has 0 saturated carbocycles. The molecule has 0 aliphatic carbocycles. The second kappa shape index (κ2) is 6.12. The molecule has 0 aliphatic heterocycles. The number of carboxylic acid groups (broad SMARTS) is 1. The topological polar surface area (TPSA) is 104 Å². The minimum atomic E-state index is -1.11. The normalized spacial score (nSPS) is 10.9. The molecule has 104 valence electrons. The molecule has 0 fully saturated rings. The zero-order chi connectivity index (χ0) is 14.5. The van der Waals surface area contributed by atoms with Crippen LogP contribution in [0.1, 0.15) is 31.3 Å². The molecule has 0 atom stereocenters. The second-order valence-electron chi connectivity index (χ2n) is 5.02. The number of amides is 1. The van der Waals surface area contributed by atoms with Crippen molar-refractivity contribution < 1.29 is 14.7 Å². The van der Waals surface area contributed by atoms with E-state index in [2.05, 4.69) is 20.6 Å². The van der Waals surface area contributed by atoms with Gasteiger partial charge in [0.2, 0.25) is 5.91 Å². The van der Waals surface area contributed by atoms with Gasteiger partial charge in [0.05, 0.1) is 12.4 Å². The predicted molar refractivity (Wildman–Crippen MR) is 69.9 cm³/mol. The van der Waals surface area contributed by atoms with Gasteiger partial charge >= 0.3 is 5.97 Å². The van der Waals surface area contributed by atoms with Gasteiger partial charge in [-0.2, -0.15) is 0 Å². The van der Waals surface area contributed by atoms with E-state index < -0.39 is 11.4 Å². The Morgan fingerprint density at radius 3 is 2.37 bits per heavy atom. The van der Waals surface area contributed by atoms with Crippen molar-refractivity contribution >= 4 is 17.7 Å². The van der Waals surface area contributed by atoms with E-state index in [1.165, 1.54) is 12.4 Å². The molecule has 0 spiro atoms. The summed E-state index contributed by atoms with van der Waals surface area (Å²) in [5.74, 6) is -0.673. The summed E-state index contributed by atoms with van der Waals surface area (Å²) < 4.78 is 0. The van der Waals surface area contributed by atoms with E-state index in [0.717, 1.165) is 0 Å². The number of carboxylic acids is 1. The number of aromatic carboxylic acids is 1. The van der Waals surface area contributed by atoms with Crippen LogP contribution in [0.2, 0.25) is 0 Å². The van der Waals surface area contributed by atoms with E-state index in [1.54, 1.807) is 0 Å². The van der Waals surface area contributed by atoms with Crippen molar-refractivity contribution in [3.8, 4) is 0 Å². The number of carbonyl (C=O) groups excluding carboxylic acids is 1. The Kier molecular flexibility index (Phi) is 4.80. The number of carbonyl (C=O) groups is 2. The van der Waals surface area contributed by atoms with Crippen molar-refractivity contribution in [1.82, 2.24) is 15.3 Å². The maximum Gasteiger partial charge on any atom is 0.356 e. The first-order chi connectivity index (χ1) is 8.80. The van der Waals surface area contributed by atoms with E-state index in [4.69, 9.17) is 5.11 Å². The van der Waals surface area contributed by atoms with Crippen LogP contribution in [-0.2, 0) is 4.79 Å². The summed E-state index contributed by atoms with van der Waals surface area (Å²) in [6.45, 7) is 6.46. The van der Waals surface area contributed by atoms with Gasteiger partial charge < -0.3 is 15.7 Å². The monoisotopic (exact) mass is 266 g/mol. The van der Waals surface area contributed by atoms with Gasteiger partial charge in [-0.3, -0.25) is 4.79 Å². The zero-order valence-corrected chi connectivity index (χ0v) is 11.2. The number of anilines is 1. The molecule has 0 bridgehead atoms. The van der Waals surface area contributed by atoms with Gasteiger partial charge in [-0.15, -0.1) is 0 Å². The minimum Gasteiger partial charge on any atom is -0.476 e. The first-order valence-corrected chi connectivity index (χ1v) is 5.88. The lowest BCUT2D eigenvalue weighted by Crippen LogP contribution is -2.37. The van der Waals surface area contributed by atoms with Crippen LogP contribution in [0.4, 0.5) is 5.82 Å². The highest BCUT2D eigenvalue weighted by molar-refractivity contribution is 5.84. The minimum absolute atomic E-state index is 0.0263. The average Bonchev–Trinajstić information content (AvgIpc) is 2.33. The van der Waals surface area contributed by atoms with Crippen molar-refractivity contribution in [2.75, 3.05) is 18.4 Å². The molecule has 3 N–H and O–H groups in total. The number of nitrogens with zero attached hydrogens (tertiary/aromatic N) is 2. The highest BCUT2D eigenvalue weighted by Crippen LogP contribution is 2.11. The fourth-order valence-electron chi connectivity index (χ4n) is 1.16. The molecular weight excluding hydrogens is 248 g/mol. The summed E-state index contributed by atoms with van der Waals surface area (Å²) >= 11 is 0. The third-order valence-electron chi connectivity index (χ3n) is 2.27. The Bertz CT molecular complexity index is 451. The molecule has 0 saturated heterocycles. The van der Waals surface area contributed by atoms with E-state index in [9.17, 15) is 9.59 Å². The van der Waals surface area contributed by atoms with Crippen LogP contribution in [0, 0.1) is 5.41 Å². The van der Waals surface area contributed by atoms with Crippen LogP contribution in [0.3, 0.4) is 0 Å². The van der Waals surface area contributed by atoms with Crippen molar-refractivity contribution in [3.05, 3.63) is 18.1 Å². The lowest BCUT2D eigenvalue weighted by molar-refractivity contribution is -0.128. The average molecular weight is 266 g/mol. The number of nitrogens with one attached hydrogen (secondary N) is 2. The number of rotatable bonds is 5.